The van der Waals surface area contributed by atoms with E-state index >= 15 is 0 Å². The largest absolute Gasteiger partial charge is 0.342 e. The first-order valence-corrected chi connectivity index (χ1v) is 8.57. The first kappa shape index (κ1) is 19.3. The van der Waals surface area contributed by atoms with Crippen molar-refractivity contribution in [1.29, 1.82) is 0 Å². The van der Waals surface area contributed by atoms with Crippen molar-refractivity contribution in [3.63, 3.8) is 0 Å². The summed E-state index contributed by atoms with van der Waals surface area (Å²) in [7, 11) is 0. The van der Waals surface area contributed by atoms with Gasteiger partial charge in [-0.3, -0.25) is 9.59 Å². The summed E-state index contributed by atoms with van der Waals surface area (Å²) in [5.74, 6) is -0.890. The van der Waals surface area contributed by atoms with Crippen LogP contribution in [0.2, 0.25) is 0 Å². The van der Waals surface area contributed by atoms with E-state index in [0.717, 1.165) is 25.7 Å². The van der Waals surface area contributed by atoms with E-state index < -0.39 is 17.8 Å². The monoisotopic (exact) mass is 321 g/mol. The van der Waals surface area contributed by atoms with Gasteiger partial charge in [-0.15, -0.1) is 0 Å². The Balaban J connectivity index is 0.00000127. The second-order valence-electron chi connectivity index (χ2n) is 5.90. The average molecular weight is 321 g/mol. The summed E-state index contributed by atoms with van der Waals surface area (Å²) in [6.07, 6.45) is 5.25. The lowest BCUT2D eigenvalue weighted by atomic mass is 9.82. The summed E-state index contributed by atoms with van der Waals surface area (Å²) in [6.45, 7) is 7.11. The van der Waals surface area contributed by atoms with E-state index in [9.17, 15) is 14.0 Å². The third-order valence-electron chi connectivity index (χ3n) is 4.28. The van der Waals surface area contributed by atoms with Gasteiger partial charge in [0.1, 0.15) is 5.82 Å². The Hall–Kier alpha value is -1.71. The van der Waals surface area contributed by atoms with Gasteiger partial charge in [0, 0.05) is 0 Å². The molecule has 1 aliphatic carbocycles. The Kier molecular flexibility index (Phi) is 7.93. The van der Waals surface area contributed by atoms with Crippen molar-refractivity contribution in [2.75, 3.05) is 0 Å². The quantitative estimate of drug-likeness (QED) is 0.892. The van der Waals surface area contributed by atoms with Gasteiger partial charge in [0.15, 0.2) is 5.78 Å². The van der Waals surface area contributed by atoms with Gasteiger partial charge in [-0.1, -0.05) is 45.2 Å². The van der Waals surface area contributed by atoms with Crippen LogP contribution in [0.15, 0.2) is 18.2 Å². The minimum atomic E-state index is -0.513. The first-order valence-electron chi connectivity index (χ1n) is 8.57. The molecule has 1 aromatic carbocycles. The van der Waals surface area contributed by atoms with Gasteiger partial charge < -0.3 is 5.32 Å². The highest BCUT2D eigenvalue weighted by Gasteiger charge is 2.29. The fourth-order valence-corrected chi connectivity index (χ4v) is 3.06. The number of hydrogen-bond donors (Lipinski definition) is 1. The van der Waals surface area contributed by atoms with E-state index in [1.165, 1.54) is 19.4 Å². The topological polar surface area (TPSA) is 46.2 Å². The lowest BCUT2D eigenvalue weighted by Crippen LogP contribution is -2.45. The average Bonchev–Trinajstić information content (AvgIpc) is 2.57. The van der Waals surface area contributed by atoms with Crippen LogP contribution >= 0.6 is 0 Å². The number of benzene rings is 1. The van der Waals surface area contributed by atoms with Crippen molar-refractivity contribution in [1.82, 2.24) is 5.32 Å². The van der Waals surface area contributed by atoms with Crippen LogP contribution < -0.4 is 5.32 Å². The van der Waals surface area contributed by atoms with E-state index in [0.29, 0.717) is 5.56 Å². The molecular formula is C19H28FNO2. The van der Waals surface area contributed by atoms with Crippen LogP contribution in [0.5, 0.6) is 0 Å². The zero-order valence-corrected chi connectivity index (χ0v) is 14.6. The highest BCUT2D eigenvalue weighted by atomic mass is 19.1. The van der Waals surface area contributed by atoms with Gasteiger partial charge in [-0.05, 0) is 44.2 Å². The zero-order chi connectivity index (χ0) is 17.4. The Labute approximate surface area is 138 Å². The minimum Gasteiger partial charge on any atom is -0.342 e. The summed E-state index contributed by atoms with van der Waals surface area (Å²) in [5.41, 5.74) is 0.441. The molecule has 4 heteroatoms. The first-order chi connectivity index (χ1) is 11.0. The SMILES string of the molecule is CC.CC(=O)C(NC(=O)c1cccc(C)c1F)C1CCCCC1. The van der Waals surface area contributed by atoms with E-state index in [1.807, 2.05) is 13.8 Å². The standard InChI is InChI=1S/C17H22FNO2.C2H6/c1-11-7-6-10-14(15(11)18)17(21)19-16(12(2)20)13-8-4-3-5-9-13;1-2/h6-7,10,13,16H,3-5,8-9H2,1-2H3,(H,19,21);1-2H3. The third-order valence-corrected chi connectivity index (χ3v) is 4.28. The summed E-state index contributed by atoms with van der Waals surface area (Å²) < 4.78 is 14.0. The molecule has 0 heterocycles. The van der Waals surface area contributed by atoms with Gasteiger partial charge in [-0.2, -0.15) is 0 Å². The highest BCUT2D eigenvalue weighted by molar-refractivity contribution is 5.98. The third kappa shape index (κ3) is 5.15. The maximum Gasteiger partial charge on any atom is 0.254 e. The van der Waals surface area contributed by atoms with E-state index in [1.54, 1.807) is 19.1 Å². The number of halogens is 1. The molecule has 1 unspecified atom stereocenters. The number of carbonyl (C=O) groups excluding carboxylic acids is 2. The van der Waals surface area contributed by atoms with Crippen molar-refractivity contribution < 1.29 is 14.0 Å². The summed E-state index contributed by atoms with van der Waals surface area (Å²) >= 11 is 0. The van der Waals surface area contributed by atoms with Crippen LogP contribution in [0.1, 0.15) is 68.8 Å². The fourth-order valence-electron chi connectivity index (χ4n) is 3.06. The maximum atomic E-state index is 14.0. The molecule has 0 radical (unpaired) electrons. The molecule has 0 spiro atoms. The molecule has 23 heavy (non-hydrogen) atoms. The Morgan fingerprint density at radius 1 is 1.17 bits per heavy atom. The number of ketones is 1. The predicted molar refractivity (Wildman–Crippen MR) is 91.0 cm³/mol. The van der Waals surface area contributed by atoms with Gasteiger partial charge in [-0.25, -0.2) is 4.39 Å². The smallest absolute Gasteiger partial charge is 0.254 e. The number of nitrogens with one attached hydrogen (secondary N) is 1. The second-order valence-corrected chi connectivity index (χ2v) is 5.90. The Morgan fingerprint density at radius 2 is 1.78 bits per heavy atom. The van der Waals surface area contributed by atoms with Gasteiger partial charge >= 0.3 is 0 Å². The molecule has 3 nitrogen and oxygen atoms in total. The Bertz CT molecular complexity index is 536. The molecule has 0 aromatic heterocycles. The van der Waals surface area contributed by atoms with Crippen LogP contribution in [0.25, 0.3) is 0 Å². The summed E-state index contributed by atoms with van der Waals surface area (Å²) in [4.78, 5) is 24.1. The molecule has 1 amide bonds. The molecular weight excluding hydrogens is 293 g/mol. The summed E-state index contributed by atoms with van der Waals surface area (Å²) in [5, 5.41) is 2.74. The van der Waals surface area contributed by atoms with Crippen LogP contribution in [0.4, 0.5) is 4.39 Å². The number of carbonyl (C=O) groups is 2. The van der Waals surface area contributed by atoms with Gasteiger partial charge in [0.25, 0.3) is 5.91 Å². The molecule has 0 saturated heterocycles. The number of amides is 1. The molecule has 0 bridgehead atoms. The van der Waals surface area contributed by atoms with Crippen molar-refractivity contribution in [3.8, 4) is 0 Å². The van der Waals surface area contributed by atoms with E-state index in [2.05, 4.69) is 5.32 Å². The number of rotatable bonds is 4. The molecule has 1 fully saturated rings. The number of Topliss-reactive ketones (excluding diaryl/α,β-unsaturated/α-hetero) is 1. The van der Waals surface area contributed by atoms with Crippen molar-refractivity contribution >= 4 is 11.7 Å². The minimum absolute atomic E-state index is 0.0112. The maximum absolute atomic E-state index is 14.0. The van der Waals surface area contributed by atoms with Crippen molar-refractivity contribution in [3.05, 3.63) is 35.1 Å². The molecule has 128 valence electrons. The van der Waals surface area contributed by atoms with Crippen molar-refractivity contribution in [2.24, 2.45) is 5.92 Å². The molecule has 1 atom stereocenters. The predicted octanol–water partition coefficient (Wildman–Crippen LogP) is 4.43. The molecule has 1 aliphatic rings. The van der Waals surface area contributed by atoms with E-state index in [-0.39, 0.29) is 17.3 Å². The normalized spacial score (nSPS) is 16.0. The van der Waals surface area contributed by atoms with Crippen molar-refractivity contribution in [2.45, 2.75) is 65.8 Å². The Morgan fingerprint density at radius 3 is 2.35 bits per heavy atom. The highest BCUT2D eigenvalue weighted by Crippen LogP contribution is 2.27. The molecule has 0 aliphatic heterocycles. The summed E-state index contributed by atoms with van der Waals surface area (Å²) in [6, 6.07) is 4.22. The van der Waals surface area contributed by atoms with Gasteiger partial charge in [0.05, 0.1) is 11.6 Å². The molecule has 1 N–H and O–H groups in total. The van der Waals surface area contributed by atoms with Crippen LogP contribution in [-0.2, 0) is 4.79 Å². The second kappa shape index (κ2) is 9.43. The molecule has 2 rings (SSSR count). The van der Waals surface area contributed by atoms with Crippen LogP contribution in [0.3, 0.4) is 0 Å². The molecule has 1 saturated carbocycles. The van der Waals surface area contributed by atoms with Crippen LogP contribution in [0, 0.1) is 18.7 Å². The lowest BCUT2D eigenvalue weighted by molar-refractivity contribution is -0.120. The number of aryl methyl sites for hydroxylation is 1. The fraction of sp³-hybridized carbons (Fsp3) is 0.579. The van der Waals surface area contributed by atoms with Gasteiger partial charge in [0.2, 0.25) is 0 Å². The van der Waals surface area contributed by atoms with E-state index in [4.69, 9.17) is 0 Å². The lowest BCUT2D eigenvalue weighted by Gasteiger charge is -2.29. The van der Waals surface area contributed by atoms with Crippen LogP contribution in [-0.4, -0.2) is 17.7 Å². The molecule has 1 aromatic rings. The zero-order valence-electron chi connectivity index (χ0n) is 14.6. The number of hydrogen-bond acceptors (Lipinski definition) is 2.